The van der Waals surface area contributed by atoms with Gasteiger partial charge in [-0.3, -0.25) is 0 Å². The summed E-state index contributed by atoms with van der Waals surface area (Å²) in [6.07, 6.45) is 6.23. The van der Waals surface area contributed by atoms with Crippen LogP contribution in [0.25, 0.3) is 6.08 Å². The van der Waals surface area contributed by atoms with Crippen LogP contribution in [0.2, 0.25) is 0 Å². The van der Waals surface area contributed by atoms with Crippen molar-refractivity contribution in [1.29, 1.82) is 0 Å². The van der Waals surface area contributed by atoms with E-state index in [1.807, 2.05) is 11.3 Å². The van der Waals surface area contributed by atoms with Crippen molar-refractivity contribution in [2.45, 2.75) is 39.2 Å². The predicted molar refractivity (Wildman–Crippen MR) is 68.3 cm³/mol. The number of hydrogen-bond donors (Lipinski definition) is 1. The Morgan fingerprint density at radius 2 is 2.33 bits per heavy atom. The Balaban J connectivity index is 1.94. The fourth-order valence-corrected chi connectivity index (χ4v) is 2.44. The molecule has 2 rings (SSSR count). The summed E-state index contributed by atoms with van der Waals surface area (Å²) in [4.78, 5) is 2.79. The summed E-state index contributed by atoms with van der Waals surface area (Å²) in [6, 6.07) is 5.22. The van der Waals surface area contributed by atoms with Gasteiger partial charge in [0.1, 0.15) is 0 Å². The molecule has 0 unspecified atom stereocenters. The zero-order chi connectivity index (χ0) is 10.7. The Bertz CT molecular complexity index is 347. The highest BCUT2D eigenvalue weighted by atomic mass is 32.1. The van der Waals surface area contributed by atoms with Crippen LogP contribution in [0.3, 0.4) is 0 Å². The molecule has 1 nitrogen and oxygen atoms in total. The summed E-state index contributed by atoms with van der Waals surface area (Å²) in [5.74, 6) is 0. The Kier molecular flexibility index (Phi) is 3.60. The lowest BCUT2D eigenvalue weighted by atomic mass is 10.2. The molecule has 0 atom stereocenters. The minimum absolute atomic E-state index is 0.810. The molecule has 1 aliphatic rings. The quantitative estimate of drug-likeness (QED) is 0.801. The van der Waals surface area contributed by atoms with Gasteiger partial charge in [0.25, 0.3) is 0 Å². The molecule has 1 aromatic rings. The van der Waals surface area contributed by atoms with Crippen LogP contribution in [0.15, 0.2) is 17.7 Å². The fourth-order valence-electron chi connectivity index (χ4n) is 1.57. The van der Waals surface area contributed by atoms with Crippen LogP contribution in [-0.2, 0) is 0 Å². The first kappa shape index (κ1) is 10.9. The van der Waals surface area contributed by atoms with Crippen molar-refractivity contribution < 1.29 is 0 Å². The summed E-state index contributed by atoms with van der Waals surface area (Å²) < 4.78 is 0. The van der Waals surface area contributed by atoms with Crippen LogP contribution >= 0.6 is 11.3 Å². The first-order chi connectivity index (χ1) is 7.28. The smallest absolute Gasteiger partial charge is 0.0273 e. The molecule has 1 fully saturated rings. The average molecular weight is 221 g/mol. The monoisotopic (exact) mass is 221 g/mol. The van der Waals surface area contributed by atoms with E-state index < -0.39 is 0 Å². The molecule has 2 heteroatoms. The van der Waals surface area contributed by atoms with Crippen LogP contribution in [0.5, 0.6) is 0 Å². The Morgan fingerprint density at radius 1 is 1.53 bits per heavy atom. The number of rotatable bonds is 5. The zero-order valence-corrected chi connectivity index (χ0v) is 10.4. The molecule has 82 valence electrons. The van der Waals surface area contributed by atoms with Crippen molar-refractivity contribution in [2.75, 3.05) is 6.54 Å². The van der Waals surface area contributed by atoms with Crippen molar-refractivity contribution >= 4 is 17.4 Å². The maximum Gasteiger partial charge on any atom is 0.0273 e. The second kappa shape index (κ2) is 4.95. The summed E-state index contributed by atoms with van der Waals surface area (Å²) in [6.45, 7) is 5.47. The third-order valence-corrected chi connectivity index (χ3v) is 3.70. The van der Waals surface area contributed by atoms with Crippen molar-refractivity contribution in [1.82, 2.24) is 5.32 Å². The first-order valence-corrected chi connectivity index (χ1v) is 6.59. The molecule has 1 N–H and O–H groups in total. The second-order valence-corrected chi connectivity index (χ2v) is 5.58. The number of hydrogen-bond acceptors (Lipinski definition) is 2. The molecule has 0 radical (unpaired) electrons. The molecule has 0 aliphatic heterocycles. The normalized spacial score (nSPS) is 17.1. The van der Waals surface area contributed by atoms with Gasteiger partial charge in [0.2, 0.25) is 0 Å². The fraction of sp³-hybridized carbons (Fsp3) is 0.538. The zero-order valence-electron chi connectivity index (χ0n) is 9.55. The van der Waals surface area contributed by atoms with Gasteiger partial charge in [0.05, 0.1) is 0 Å². The van der Waals surface area contributed by atoms with Gasteiger partial charge in [-0.1, -0.05) is 12.5 Å². The van der Waals surface area contributed by atoms with E-state index in [4.69, 9.17) is 0 Å². The lowest BCUT2D eigenvalue weighted by Gasteiger charge is -2.05. The highest BCUT2D eigenvalue weighted by molar-refractivity contribution is 7.12. The largest absolute Gasteiger partial charge is 0.310 e. The minimum atomic E-state index is 0.810. The van der Waals surface area contributed by atoms with Gasteiger partial charge in [0, 0.05) is 22.3 Å². The molecular weight excluding hydrogens is 202 g/mol. The van der Waals surface area contributed by atoms with E-state index in [0.29, 0.717) is 0 Å². The standard InChI is InChI=1S/C13H19NS/c1-3-11(9-14-12-5-6-12)8-13-7-4-10(2)15-13/h4,7-8,12,14H,3,5-6,9H2,1-2H3. The van der Waals surface area contributed by atoms with Crippen LogP contribution in [0, 0.1) is 6.92 Å². The highest BCUT2D eigenvalue weighted by Gasteiger charge is 2.19. The molecule has 0 spiro atoms. The van der Waals surface area contributed by atoms with Gasteiger partial charge in [-0.25, -0.2) is 0 Å². The van der Waals surface area contributed by atoms with Gasteiger partial charge < -0.3 is 5.32 Å². The van der Waals surface area contributed by atoms with Crippen molar-refractivity contribution in [3.63, 3.8) is 0 Å². The van der Waals surface area contributed by atoms with E-state index in [-0.39, 0.29) is 0 Å². The summed E-state index contributed by atoms with van der Waals surface area (Å²) in [7, 11) is 0. The van der Waals surface area contributed by atoms with E-state index in [2.05, 4.69) is 37.4 Å². The van der Waals surface area contributed by atoms with Crippen LogP contribution in [0.1, 0.15) is 35.9 Å². The maximum absolute atomic E-state index is 3.57. The molecule has 1 aliphatic carbocycles. The Labute approximate surface area is 96.2 Å². The minimum Gasteiger partial charge on any atom is -0.310 e. The topological polar surface area (TPSA) is 12.0 Å². The average Bonchev–Trinajstić information content (AvgIpc) is 2.97. The second-order valence-electron chi connectivity index (χ2n) is 4.26. The number of thiophene rings is 1. The van der Waals surface area contributed by atoms with Crippen LogP contribution < -0.4 is 5.32 Å². The van der Waals surface area contributed by atoms with E-state index in [1.165, 1.54) is 28.2 Å². The third-order valence-electron chi connectivity index (χ3n) is 2.76. The molecule has 15 heavy (non-hydrogen) atoms. The molecule has 0 aromatic carbocycles. The molecular formula is C13H19NS. The van der Waals surface area contributed by atoms with Crippen molar-refractivity contribution in [2.24, 2.45) is 0 Å². The summed E-state index contributed by atoms with van der Waals surface area (Å²) in [5.41, 5.74) is 1.52. The molecule has 1 heterocycles. The molecule has 0 saturated heterocycles. The van der Waals surface area contributed by atoms with Gasteiger partial charge >= 0.3 is 0 Å². The predicted octanol–water partition coefficient (Wildman–Crippen LogP) is 3.60. The summed E-state index contributed by atoms with van der Waals surface area (Å²) in [5, 5.41) is 3.57. The SMILES string of the molecule is CCC(=Cc1ccc(C)s1)CNC1CC1. The van der Waals surface area contributed by atoms with Crippen molar-refractivity contribution in [3.8, 4) is 0 Å². The summed E-state index contributed by atoms with van der Waals surface area (Å²) >= 11 is 1.88. The number of nitrogens with one attached hydrogen (secondary N) is 1. The van der Waals surface area contributed by atoms with Gasteiger partial charge in [-0.15, -0.1) is 11.3 Å². The maximum atomic E-state index is 3.57. The van der Waals surface area contributed by atoms with Crippen LogP contribution in [-0.4, -0.2) is 12.6 Å². The Hall–Kier alpha value is -0.600. The molecule has 0 bridgehead atoms. The molecule has 0 amide bonds. The van der Waals surface area contributed by atoms with E-state index in [0.717, 1.165) is 19.0 Å². The lowest BCUT2D eigenvalue weighted by Crippen LogP contribution is -2.18. The van der Waals surface area contributed by atoms with Gasteiger partial charge in [-0.05, 0) is 44.4 Å². The van der Waals surface area contributed by atoms with Crippen molar-refractivity contribution in [3.05, 3.63) is 27.5 Å². The highest BCUT2D eigenvalue weighted by Crippen LogP contribution is 2.21. The van der Waals surface area contributed by atoms with E-state index in [1.54, 1.807) is 0 Å². The molecule has 1 saturated carbocycles. The van der Waals surface area contributed by atoms with E-state index >= 15 is 0 Å². The van der Waals surface area contributed by atoms with E-state index in [9.17, 15) is 0 Å². The molecule has 1 aromatic heterocycles. The van der Waals surface area contributed by atoms with Crippen LogP contribution in [0.4, 0.5) is 0 Å². The lowest BCUT2D eigenvalue weighted by molar-refractivity contribution is 0.723. The van der Waals surface area contributed by atoms with Gasteiger partial charge in [-0.2, -0.15) is 0 Å². The number of aryl methyl sites for hydroxylation is 1. The third kappa shape index (κ3) is 3.47. The first-order valence-electron chi connectivity index (χ1n) is 5.77. The van der Waals surface area contributed by atoms with Gasteiger partial charge in [0.15, 0.2) is 0 Å². The Morgan fingerprint density at radius 3 is 2.87 bits per heavy atom.